The van der Waals surface area contributed by atoms with Gasteiger partial charge in [0.05, 0.1) is 5.56 Å². The van der Waals surface area contributed by atoms with Crippen molar-refractivity contribution in [3.8, 4) is 6.07 Å². The molecule has 1 aromatic heterocycles. The molecule has 0 radical (unpaired) electrons. The number of amides is 1. The van der Waals surface area contributed by atoms with Crippen LogP contribution in [0.5, 0.6) is 0 Å². The normalized spacial score (nSPS) is 15.9. The Labute approximate surface area is 115 Å². The largest absolute Gasteiger partial charge is 0.465 e. The van der Waals surface area contributed by atoms with Gasteiger partial charge in [0.1, 0.15) is 17.0 Å². The number of nitrogens with zero attached hydrogens (tertiary/aromatic N) is 3. The van der Waals surface area contributed by atoms with E-state index < -0.39 is 6.09 Å². The highest BCUT2D eigenvalue weighted by Crippen LogP contribution is 2.23. The summed E-state index contributed by atoms with van der Waals surface area (Å²) in [7, 11) is 0. The van der Waals surface area contributed by atoms with E-state index >= 15 is 0 Å². The van der Waals surface area contributed by atoms with Gasteiger partial charge >= 0.3 is 6.09 Å². The fraction of sp³-hybridized carbons (Fsp3) is 0.417. The van der Waals surface area contributed by atoms with E-state index in [0.717, 1.165) is 0 Å². The van der Waals surface area contributed by atoms with Gasteiger partial charge in [0, 0.05) is 19.1 Å². The van der Waals surface area contributed by atoms with Crippen molar-refractivity contribution in [1.29, 1.82) is 5.26 Å². The second kappa shape index (κ2) is 5.76. The van der Waals surface area contributed by atoms with Crippen molar-refractivity contribution in [3.05, 3.63) is 22.8 Å². The number of anilines is 1. The summed E-state index contributed by atoms with van der Waals surface area (Å²) in [6.45, 7) is 1.29. The molecule has 0 saturated carbocycles. The molecule has 1 aromatic rings. The van der Waals surface area contributed by atoms with Crippen LogP contribution >= 0.6 is 11.6 Å². The molecule has 1 saturated heterocycles. The summed E-state index contributed by atoms with van der Waals surface area (Å²) in [6.07, 6.45) is 0.369. The second-order valence-electron chi connectivity index (χ2n) is 4.33. The Bertz CT molecular complexity index is 521. The highest BCUT2D eigenvalue weighted by atomic mass is 35.5. The number of carboxylic acid groups (broad SMARTS) is 1. The third-order valence-electron chi connectivity index (χ3n) is 3.08. The molecule has 1 aliphatic heterocycles. The fourth-order valence-corrected chi connectivity index (χ4v) is 2.31. The van der Waals surface area contributed by atoms with Crippen LogP contribution in [0.4, 0.5) is 10.6 Å². The fourth-order valence-electron chi connectivity index (χ4n) is 2.16. The molecular weight excluding hydrogens is 268 g/mol. The SMILES string of the molecule is N#Cc1ccc(Cl)nc1N1CCC(NC(=O)O)CC1. The maximum atomic E-state index is 10.6. The van der Waals surface area contributed by atoms with Gasteiger partial charge in [-0.05, 0) is 25.0 Å². The first-order chi connectivity index (χ1) is 9.10. The average Bonchev–Trinajstić information content (AvgIpc) is 2.39. The van der Waals surface area contributed by atoms with Gasteiger partial charge in [-0.2, -0.15) is 5.26 Å². The van der Waals surface area contributed by atoms with Crippen LogP contribution in [0.15, 0.2) is 12.1 Å². The highest BCUT2D eigenvalue weighted by molar-refractivity contribution is 6.29. The van der Waals surface area contributed by atoms with Gasteiger partial charge in [-0.15, -0.1) is 0 Å². The number of hydrogen-bond donors (Lipinski definition) is 2. The molecule has 0 aromatic carbocycles. The molecule has 0 spiro atoms. The average molecular weight is 281 g/mol. The molecule has 6 nitrogen and oxygen atoms in total. The second-order valence-corrected chi connectivity index (χ2v) is 4.72. The van der Waals surface area contributed by atoms with E-state index in [9.17, 15) is 4.79 Å². The van der Waals surface area contributed by atoms with Crippen LogP contribution in [0.2, 0.25) is 5.15 Å². The third-order valence-corrected chi connectivity index (χ3v) is 3.29. The maximum Gasteiger partial charge on any atom is 0.404 e. The Hall–Kier alpha value is -2.00. The number of nitrogens with one attached hydrogen (secondary N) is 1. The van der Waals surface area contributed by atoms with Crippen LogP contribution < -0.4 is 10.2 Å². The lowest BCUT2D eigenvalue weighted by Crippen LogP contribution is -2.44. The quantitative estimate of drug-likeness (QED) is 0.807. The van der Waals surface area contributed by atoms with Crippen molar-refractivity contribution in [1.82, 2.24) is 10.3 Å². The van der Waals surface area contributed by atoms with Gasteiger partial charge in [0.2, 0.25) is 0 Å². The minimum absolute atomic E-state index is 0.0431. The Morgan fingerprint density at radius 1 is 1.53 bits per heavy atom. The lowest BCUT2D eigenvalue weighted by molar-refractivity contribution is 0.187. The lowest BCUT2D eigenvalue weighted by atomic mass is 10.0. The summed E-state index contributed by atoms with van der Waals surface area (Å²) in [4.78, 5) is 16.7. The van der Waals surface area contributed by atoms with E-state index in [2.05, 4.69) is 16.4 Å². The number of nitriles is 1. The third kappa shape index (κ3) is 3.26. The van der Waals surface area contributed by atoms with Gasteiger partial charge in [0.25, 0.3) is 0 Å². The van der Waals surface area contributed by atoms with E-state index in [-0.39, 0.29) is 6.04 Å². The van der Waals surface area contributed by atoms with Crippen LogP contribution in [0.3, 0.4) is 0 Å². The Morgan fingerprint density at radius 3 is 2.79 bits per heavy atom. The molecule has 0 atom stereocenters. The van der Waals surface area contributed by atoms with Crippen LogP contribution in [-0.2, 0) is 0 Å². The first kappa shape index (κ1) is 13.4. The Balaban J connectivity index is 2.07. The molecular formula is C12H13ClN4O2. The minimum Gasteiger partial charge on any atom is -0.465 e. The molecule has 100 valence electrons. The zero-order chi connectivity index (χ0) is 13.8. The zero-order valence-electron chi connectivity index (χ0n) is 10.1. The van der Waals surface area contributed by atoms with Crippen molar-refractivity contribution in [2.45, 2.75) is 18.9 Å². The molecule has 7 heteroatoms. The van der Waals surface area contributed by atoms with E-state index in [4.69, 9.17) is 22.0 Å². The van der Waals surface area contributed by atoms with E-state index in [1.165, 1.54) is 0 Å². The van der Waals surface area contributed by atoms with Gasteiger partial charge in [-0.1, -0.05) is 11.6 Å². The summed E-state index contributed by atoms with van der Waals surface area (Å²) >= 11 is 5.85. The summed E-state index contributed by atoms with van der Waals surface area (Å²) < 4.78 is 0. The van der Waals surface area contributed by atoms with Crippen LogP contribution in [0, 0.1) is 11.3 Å². The predicted molar refractivity (Wildman–Crippen MR) is 70.4 cm³/mol. The summed E-state index contributed by atoms with van der Waals surface area (Å²) in [5, 5.41) is 20.5. The van der Waals surface area contributed by atoms with E-state index in [1.807, 2.05) is 4.90 Å². The standard InChI is InChI=1S/C12H13ClN4O2/c13-10-2-1-8(7-14)11(16-10)17-5-3-9(4-6-17)15-12(18)19/h1-2,9,15H,3-6H2,(H,18,19). The molecule has 19 heavy (non-hydrogen) atoms. The predicted octanol–water partition coefficient (Wildman–Crippen LogP) is 1.84. The van der Waals surface area contributed by atoms with Gasteiger partial charge in [-0.3, -0.25) is 0 Å². The summed E-state index contributed by atoms with van der Waals surface area (Å²) in [5.74, 6) is 0.573. The Kier molecular flexibility index (Phi) is 4.07. The van der Waals surface area contributed by atoms with Crippen LogP contribution in [0.1, 0.15) is 18.4 Å². The molecule has 2 heterocycles. The number of aromatic nitrogens is 1. The van der Waals surface area contributed by atoms with Crippen LogP contribution in [-0.4, -0.2) is 35.3 Å². The number of piperidine rings is 1. The van der Waals surface area contributed by atoms with Crippen LogP contribution in [0.25, 0.3) is 0 Å². The monoisotopic (exact) mass is 280 g/mol. The van der Waals surface area contributed by atoms with Gasteiger partial charge < -0.3 is 15.3 Å². The number of carbonyl (C=O) groups is 1. The zero-order valence-corrected chi connectivity index (χ0v) is 10.9. The number of halogens is 1. The summed E-state index contributed by atoms with van der Waals surface area (Å²) in [6, 6.07) is 5.28. The van der Waals surface area contributed by atoms with Crippen molar-refractivity contribution in [2.24, 2.45) is 0 Å². The minimum atomic E-state index is -1.00. The maximum absolute atomic E-state index is 10.6. The molecule has 2 N–H and O–H groups in total. The van der Waals surface area contributed by atoms with Gasteiger partial charge in [-0.25, -0.2) is 9.78 Å². The first-order valence-corrected chi connectivity index (χ1v) is 6.29. The summed E-state index contributed by atoms with van der Waals surface area (Å²) in [5.41, 5.74) is 0.481. The lowest BCUT2D eigenvalue weighted by Gasteiger charge is -2.33. The first-order valence-electron chi connectivity index (χ1n) is 5.91. The molecule has 0 aliphatic carbocycles. The Morgan fingerprint density at radius 2 is 2.21 bits per heavy atom. The molecule has 2 rings (SSSR count). The van der Waals surface area contributed by atoms with Gasteiger partial charge in [0.15, 0.2) is 0 Å². The van der Waals surface area contributed by atoms with Crippen molar-refractivity contribution >= 4 is 23.5 Å². The van der Waals surface area contributed by atoms with E-state index in [1.54, 1.807) is 12.1 Å². The topological polar surface area (TPSA) is 89.3 Å². The molecule has 0 bridgehead atoms. The van der Waals surface area contributed by atoms with E-state index in [0.29, 0.717) is 42.5 Å². The van der Waals surface area contributed by atoms with Crippen molar-refractivity contribution < 1.29 is 9.90 Å². The smallest absolute Gasteiger partial charge is 0.404 e. The van der Waals surface area contributed by atoms with Crippen molar-refractivity contribution in [3.63, 3.8) is 0 Å². The number of rotatable bonds is 2. The number of pyridine rings is 1. The van der Waals surface area contributed by atoms with Crippen molar-refractivity contribution in [2.75, 3.05) is 18.0 Å². The highest BCUT2D eigenvalue weighted by Gasteiger charge is 2.23. The number of hydrogen-bond acceptors (Lipinski definition) is 4. The molecule has 1 aliphatic rings. The molecule has 1 amide bonds. The molecule has 0 unspecified atom stereocenters. The molecule has 1 fully saturated rings.